The van der Waals surface area contributed by atoms with Crippen molar-refractivity contribution in [3.63, 3.8) is 0 Å². The topological polar surface area (TPSA) is 92.8 Å². The number of benzene rings is 1. The van der Waals surface area contributed by atoms with Gasteiger partial charge in [-0.15, -0.1) is 5.10 Å². The van der Waals surface area contributed by atoms with Crippen molar-refractivity contribution in [3.8, 4) is 0 Å². The molecule has 3 aromatic heterocycles. The molecule has 1 atom stereocenters. The molecule has 0 aliphatic heterocycles. The molecule has 0 unspecified atom stereocenters. The van der Waals surface area contributed by atoms with Crippen LogP contribution >= 0.6 is 0 Å². The Labute approximate surface area is 205 Å². The zero-order chi connectivity index (χ0) is 24.4. The Bertz CT molecular complexity index is 1320. The van der Waals surface area contributed by atoms with Crippen molar-refractivity contribution in [2.75, 3.05) is 0 Å². The van der Waals surface area contributed by atoms with Crippen LogP contribution in [0.5, 0.6) is 0 Å². The number of aromatic nitrogens is 5. The van der Waals surface area contributed by atoms with E-state index in [4.69, 9.17) is 4.42 Å². The predicted octanol–water partition coefficient (Wildman–Crippen LogP) is 5.00. The molecule has 0 bridgehead atoms. The van der Waals surface area contributed by atoms with E-state index >= 15 is 0 Å². The van der Waals surface area contributed by atoms with E-state index in [1.54, 1.807) is 6.26 Å². The summed E-state index contributed by atoms with van der Waals surface area (Å²) in [5, 5.41) is 13.9. The Morgan fingerprint density at radius 2 is 2.00 bits per heavy atom. The van der Waals surface area contributed by atoms with Gasteiger partial charge in [-0.05, 0) is 71.3 Å². The van der Waals surface area contributed by atoms with Crippen molar-refractivity contribution in [1.29, 1.82) is 0 Å². The Hall–Kier alpha value is -3.26. The molecule has 1 aromatic carbocycles. The van der Waals surface area contributed by atoms with Gasteiger partial charge in [-0.2, -0.15) is 0 Å². The average Bonchev–Trinajstić information content (AvgIpc) is 3.52. The van der Waals surface area contributed by atoms with Crippen molar-refractivity contribution < 1.29 is 4.42 Å². The van der Waals surface area contributed by atoms with Crippen LogP contribution < -0.4 is 5.56 Å². The number of rotatable bonds is 8. The van der Waals surface area contributed by atoms with Gasteiger partial charge in [0, 0.05) is 23.7 Å². The smallest absolute Gasteiger partial charge is 0.252 e. The van der Waals surface area contributed by atoms with Gasteiger partial charge in [0.25, 0.3) is 5.56 Å². The van der Waals surface area contributed by atoms with Gasteiger partial charge in [-0.3, -0.25) is 9.69 Å². The second kappa shape index (κ2) is 10.2. The highest BCUT2D eigenvalue weighted by Gasteiger charge is 2.35. The van der Waals surface area contributed by atoms with Crippen LogP contribution in [0.1, 0.15) is 74.7 Å². The fourth-order valence-corrected chi connectivity index (χ4v) is 5.46. The van der Waals surface area contributed by atoms with E-state index in [9.17, 15) is 4.79 Å². The van der Waals surface area contributed by atoms with Crippen LogP contribution in [-0.2, 0) is 13.1 Å². The van der Waals surface area contributed by atoms with Gasteiger partial charge in [0.15, 0.2) is 5.82 Å². The fraction of sp³-hybridized carbons (Fsp3) is 0.481. The summed E-state index contributed by atoms with van der Waals surface area (Å²) in [4.78, 5) is 18.8. The molecule has 0 spiro atoms. The minimum Gasteiger partial charge on any atom is -0.467 e. The van der Waals surface area contributed by atoms with E-state index in [0.29, 0.717) is 19.1 Å². The maximum absolute atomic E-state index is 13.2. The third-order valence-corrected chi connectivity index (χ3v) is 7.17. The number of pyridine rings is 1. The molecular formula is C27H34N6O2. The molecule has 0 saturated heterocycles. The lowest BCUT2D eigenvalue weighted by atomic mass is 9.90. The largest absolute Gasteiger partial charge is 0.467 e. The summed E-state index contributed by atoms with van der Waals surface area (Å²) in [7, 11) is 0. The molecule has 8 nitrogen and oxygen atoms in total. The minimum absolute atomic E-state index is 0.0263. The van der Waals surface area contributed by atoms with E-state index in [1.807, 2.05) is 35.9 Å². The molecule has 0 amide bonds. The van der Waals surface area contributed by atoms with Gasteiger partial charge >= 0.3 is 0 Å². The van der Waals surface area contributed by atoms with Crippen molar-refractivity contribution in [3.05, 3.63) is 75.7 Å². The molecule has 35 heavy (non-hydrogen) atoms. The molecule has 1 aliphatic rings. The highest BCUT2D eigenvalue weighted by Crippen LogP contribution is 2.35. The van der Waals surface area contributed by atoms with Crippen molar-refractivity contribution in [1.82, 2.24) is 30.1 Å². The number of aromatic amines is 1. The fourth-order valence-electron chi connectivity index (χ4n) is 5.46. The first-order valence-corrected chi connectivity index (χ1v) is 12.7. The Morgan fingerprint density at radius 3 is 2.74 bits per heavy atom. The van der Waals surface area contributed by atoms with Crippen LogP contribution in [0.25, 0.3) is 10.9 Å². The van der Waals surface area contributed by atoms with Crippen LogP contribution in [0.3, 0.4) is 0 Å². The Balaban J connectivity index is 1.54. The summed E-state index contributed by atoms with van der Waals surface area (Å²) in [6.45, 7) is 7.49. The first-order chi connectivity index (χ1) is 17.0. The van der Waals surface area contributed by atoms with Crippen LogP contribution in [-0.4, -0.2) is 36.1 Å². The molecular weight excluding hydrogens is 440 g/mol. The van der Waals surface area contributed by atoms with Gasteiger partial charge in [-0.1, -0.05) is 45.2 Å². The number of nitrogens with one attached hydrogen (secondary N) is 1. The summed E-state index contributed by atoms with van der Waals surface area (Å²) in [5.74, 6) is 1.88. The maximum atomic E-state index is 13.2. The summed E-state index contributed by atoms with van der Waals surface area (Å²) in [6, 6.07) is 12.4. The number of tetrazole rings is 1. The molecule has 184 valence electrons. The Morgan fingerprint density at radius 1 is 1.17 bits per heavy atom. The van der Waals surface area contributed by atoms with Gasteiger partial charge in [0.2, 0.25) is 0 Å². The third kappa shape index (κ3) is 5.07. The highest BCUT2D eigenvalue weighted by molar-refractivity contribution is 5.79. The van der Waals surface area contributed by atoms with Crippen LogP contribution in [0.2, 0.25) is 0 Å². The van der Waals surface area contributed by atoms with Crippen LogP contribution in [0.15, 0.2) is 51.9 Å². The van der Waals surface area contributed by atoms with Crippen LogP contribution in [0.4, 0.5) is 0 Å². The summed E-state index contributed by atoms with van der Waals surface area (Å²) in [5.41, 5.74) is 2.77. The summed E-state index contributed by atoms with van der Waals surface area (Å²) >= 11 is 0. The molecule has 3 heterocycles. The second-order valence-corrected chi connectivity index (χ2v) is 10.1. The molecule has 1 N–H and O–H groups in total. The number of hydrogen-bond acceptors (Lipinski definition) is 6. The zero-order valence-corrected chi connectivity index (χ0v) is 20.8. The Kier molecular flexibility index (Phi) is 6.81. The van der Waals surface area contributed by atoms with Crippen molar-refractivity contribution >= 4 is 10.9 Å². The van der Waals surface area contributed by atoms with E-state index in [1.165, 1.54) is 19.3 Å². The van der Waals surface area contributed by atoms with Gasteiger partial charge in [-0.25, -0.2) is 4.68 Å². The highest BCUT2D eigenvalue weighted by atomic mass is 16.3. The average molecular weight is 475 g/mol. The van der Waals surface area contributed by atoms with E-state index in [2.05, 4.69) is 51.4 Å². The van der Waals surface area contributed by atoms with Crippen molar-refractivity contribution in [2.24, 2.45) is 5.92 Å². The molecule has 0 radical (unpaired) electrons. The first-order valence-electron chi connectivity index (χ1n) is 12.7. The second-order valence-electron chi connectivity index (χ2n) is 10.1. The monoisotopic (exact) mass is 474 g/mol. The number of hydrogen-bond donors (Lipinski definition) is 1. The van der Waals surface area contributed by atoms with Gasteiger partial charge < -0.3 is 9.40 Å². The molecule has 4 aromatic rings. The lowest BCUT2D eigenvalue weighted by molar-refractivity contribution is 0.0610. The van der Waals surface area contributed by atoms with Gasteiger partial charge in [0.05, 0.1) is 12.3 Å². The standard InChI is InChI=1S/C27H34N6O2/c1-18(2)25(26-29-30-31-33(26)17-23-10-7-13-35-23)32(22-8-5-4-6-9-22)16-21-15-20-12-11-19(3)14-24(20)28-27(21)34/h7,10-15,18,22,25H,4-6,8-9,16-17H2,1-3H3,(H,28,34)/t25-/m0/s1. The van der Waals surface area contributed by atoms with E-state index < -0.39 is 0 Å². The molecule has 1 saturated carbocycles. The molecule has 5 rings (SSSR count). The normalized spacial score (nSPS) is 15.9. The lowest BCUT2D eigenvalue weighted by Gasteiger charge is -2.41. The number of H-pyrrole nitrogens is 1. The van der Waals surface area contributed by atoms with Crippen molar-refractivity contribution in [2.45, 2.75) is 78.0 Å². The molecule has 1 aliphatic carbocycles. The number of nitrogens with zero attached hydrogens (tertiary/aromatic N) is 5. The summed E-state index contributed by atoms with van der Waals surface area (Å²) < 4.78 is 7.40. The number of furan rings is 1. The maximum Gasteiger partial charge on any atom is 0.252 e. The first kappa shape index (κ1) is 23.5. The zero-order valence-electron chi connectivity index (χ0n) is 20.8. The quantitative estimate of drug-likeness (QED) is 0.386. The van der Waals surface area contributed by atoms with Gasteiger partial charge in [0.1, 0.15) is 12.3 Å². The molecule has 1 fully saturated rings. The third-order valence-electron chi connectivity index (χ3n) is 7.17. The van der Waals surface area contributed by atoms with Crippen LogP contribution in [0, 0.1) is 12.8 Å². The minimum atomic E-state index is -0.0313. The predicted molar refractivity (Wildman–Crippen MR) is 135 cm³/mol. The van der Waals surface area contributed by atoms with E-state index in [-0.39, 0.29) is 17.5 Å². The summed E-state index contributed by atoms with van der Waals surface area (Å²) in [6.07, 6.45) is 7.58. The van der Waals surface area contributed by atoms with E-state index in [0.717, 1.165) is 46.5 Å². The number of aryl methyl sites for hydroxylation is 1. The SMILES string of the molecule is Cc1ccc2cc(CN(C3CCCCC3)[C@H](c3nnnn3Cc3ccco3)C(C)C)c(=O)[nH]c2c1. The molecule has 8 heteroatoms. The lowest BCUT2D eigenvalue weighted by Crippen LogP contribution is -2.43. The number of fused-ring (bicyclic) bond motifs is 1.